The van der Waals surface area contributed by atoms with Gasteiger partial charge in [-0.1, -0.05) is 30.0 Å². The number of Topliss-reactive ketones (excluding diaryl/α,β-unsaturated/α-hetero) is 1. The number of hydrogen-bond acceptors (Lipinski definition) is 6. The van der Waals surface area contributed by atoms with Crippen LogP contribution in [-0.4, -0.2) is 32.2 Å². The number of ketones is 1. The van der Waals surface area contributed by atoms with Crippen LogP contribution in [0, 0.1) is 0 Å². The van der Waals surface area contributed by atoms with Crippen LogP contribution >= 0.6 is 11.8 Å². The molecule has 0 radical (unpaired) electrons. The zero-order valence-electron chi connectivity index (χ0n) is 14.7. The average Bonchev–Trinajstić information content (AvgIpc) is 3.30. The fourth-order valence-electron chi connectivity index (χ4n) is 2.42. The molecular weight excluding hydrogens is 364 g/mol. The summed E-state index contributed by atoms with van der Waals surface area (Å²) in [7, 11) is 0. The van der Waals surface area contributed by atoms with Gasteiger partial charge in [0.15, 0.2) is 16.7 Å². The van der Waals surface area contributed by atoms with Crippen molar-refractivity contribution in [3.05, 3.63) is 60.9 Å². The first-order valence-electron chi connectivity index (χ1n) is 8.20. The number of carbonyl (C=O) groups excluding carboxylic acids is 2. The molecule has 0 bridgehead atoms. The number of furan rings is 1. The summed E-state index contributed by atoms with van der Waals surface area (Å²) in [5, 5.41) is 11.7. The molecule has 2 heterocycles. The van der Waals surface area contributed by atoms with Crippen molar-refractivity contribution in [3.8, 4) is 11.6 Å². The lowest BCUT2D eigenvalue weighted by molar-refractivity contribution is -0.113. The van der Waals surface area contributed by atoms with Gasteiger partial charge in [-0.2, -0.15) is 0 Å². The number of thioether (sulfide) groups is 1. The number of carbonyl (C=O) groups is 2. The molecule has 0 fully saturated rings. The fraction of sp³-hybridized carbons (Fsp3) is 0.158. The van der Waals surface area contributed by atoms with Crippen LogP contribution in [0.3, 0.4) is 0 Å². The molecule has 0 aliphatic rings. The third-order valence-electron chi connectivity index (χ3n) is 3.66. The lowest BCUT2D eigenvalue weighted by Crippen LogP contribution is -2.15. The third kappa shape index (κ3) is 4.53. The number of nitrogens with one attached hydrogen (secondary N) is 1. The summed E-state index contributed by atoms with van der Waals surface area (Å²) in [5.41, 5.74) is 1.13. The van der Waals surface area contributed by atoms with Crippen molar-refractivity contribution in [2.75, 3.05) is 11.1 Å². The Morgan fingerprint density at radius 2 is 2.15 bits per heavy atom. The van der Waals surface area contributed by atoms with Crippen LogP contribution in [-0.2, 0) is 11.3 Å². The molecule has 3 aromatic rings. The third-order valence-corrected chi connectivity index (χ3v) is 4.62. The quantitative estimate of drug-likeness (QED) is 0.363. The predicted octanol–water partition coefficient (Wildman–Crippen LogP) is 3.66. The van der Waals surface area contributed by atoms with E-state index >= 15 is 0 Å². The van der Waals surface area contributed by atoms with Gasteiger partial charge in [0, 0.05) is 17.8 Å². The maximum Gasteiger partial charge on any atom is 0.234 e. The summed E-state index contributed by atoms with van der Waals surface area (Å²) in [5.74, 6) is 1.08. The van der Waals surface area contributed by atoms with Crippen molar-refractivity contribution in [3.63, 3.8) is 0 Å². The van der Waals surface area contributed by atoms with E-state index in [1.165, 1.54) is 18.7 Å². The van der Waals surface area contributed by atoms with E-state index in [9.17, 15) is 9.59 Å². The number of aromatic nitrogens is 3. The van der Waals surface area contributed by atoms with Crippen molar-refractivity contribution in [1.82, 2.24) is 14.8 Å². The van der Waals surface area contributed by atoms with Gasteiger partial charge in [-0.15, -0.1) is 16.8 Å². The monoisotopic (exact) mass is 382 g/mol. The highest BCUT2D eigenvalue weighted by atomic mass is 32.2. The van der Waals surface area contributed by atoms with Crippen LogP contribution in [0.2, 0.25) is 0 Å². The minimum atomic E-state index is -0.201. The van der Waals surface area contributed by atoms with Gasteiger partial charge in [-0.05, 0) is 31.2 Å². The Morgan fingerprint density at radius 3 is 2.85 bits per heavy atom. The first-order valence-corrected chi connectivity index (χ1v) is 9.18. The molecule has 138 valence electrons. The molecule has 7 nitrogen and oxygen atoms in total. The van der Waals surface area contributed by atoms with E-state index in [-0.39, 0.29) is 17.4 Å². The standard InChI is InChI=1S/C19H18N4O3S/c1-3-9-23-18(16-8-5-10-26-16)21-22-19(23)27-12-17(25)20-15-7-4-6-14(11-15)13(2)24/h3-8,10-11H,1,9,12H2,2H3,(H,20,25). The second-order valence-electron chi connectivity index (χ2n) is 5.66. The number of anilines is 1. The molecule has 0 saturated heterocycles. The Hall–Kier alpha value is -3.13. The Kier molecular flexibility index (Phi) is 5.87. The van der Waals surface area contributed by atoms with E-state index < -0.39 is 0 Å². The van der Waals surface area contributed by atoms with E-state index in [2.05, 4.69) is 22.1 Å². The molecule has 27 heavy (non-hydrogen) atoms. The number of amides is 1. The molecule has 0 atom stereocenters. The van der Waals surface area contributed by atoms with Gasteiger partial charge in [0.25, 0.3) is 0 Å². The topological polar surface area (TPSA) is 90.0 Å². The molecule has 1 N–H and O–H groups in total. The van der Waals surface area contributed by atoms with Gasteiger partial charge in [-0.25, -0.2) is 0 Å². The maximum atomic E-state index is 12.3. The van der Waals surface area contributed by atoms with Crippen molar-refractivity contribution >= 4 is 29.1 Å². The Bertz CT molecular complexity index is 963. The number of rotatable bonds is 8. The Morgan fingerprint density at radius 1 is 1.30 bits per heavy atom. The highest BCUT2D eigenvalue weighted by molar-refractivity contribution is 7.99. The van der Waals surface area contributed by atoms with Crippen molar-refractivity contribution < 1.29 is 14.0 Å². The van der Waals surface area contributed by atoms with Crippen LogP contribution in [0.4, 0.5) is 5.69 Å². The molecular formula is C19H18N4O3S. The predicted molar refractivity (Wildman–Crippen MR) is 104 cm³/mol. The molecule has 8 heteroatoms. The van der Waals surface area contributed by atoms with E-state index in [0.29, 0.717) is 34.5 Å². The number of benzene rings is 1. The van der Waals surface area contributed by atoms with Crippen LogP contribution in [0.15, 0.2) is 64.9 Å². The van der Waals surface area contributed by atoms with Gasteiger partial charge in [0.05, 0.1) is 12.0 Å². The normalized spacial score (nSPS) is 10.6. The molecule has 0 unspecified atom stereocenters. The summed E-state index contributed by atoms with van der Waals surface area (Å²) >= 11 is 1.26. The molecule has 2 aromatic heterocycles. The lowest BCUT2D eigenvalue weighted by atomic mass is 10.1. The van der Waals surface area contributed by atoms with Gasteiger partial charge in [0.1, 0.15) is 0 Å². The zero-order valence-corrected chi connectivity index (χ0v) is 15.5. The maximum absolute atomic E-state index is 12.3. The van der Waals surface area contributed by atoms with E-state index in [0.717, 1.165) is 0 Å². The summed E-state index contributed by atoms with van der Waals surface area (Å²) in [4.78, 5) is 23.7. The molecule has 0 aliphatic carbocycles. The summed E-state index contributed by atoms with van der Waals surface area (Å²) < 4.78 is 7.21. The number of nitrogens with zero attached hydrogens (tertiary/aromatic N) is 3. The lowest BCUT2D eigenvalue weighted by Gasteiger charge is -2.08. The fourth-order valence-corrected chi connectivity index (χ4v) is 3.17. The molecule has 0 aliphatic heterocycles. The van der Waals surface area contributed by atoms with Crippen molar-refractivity contribution in [2.45, 2.75) is 18.6 Å². The van der Waals surface area contributed by atoms with Crippen LogP contribution < -0.4 is 5.32 Å². The van der Waals surface area contributed by atoms with E-state index in [4.69, 9.17) is 4.42 Å². The second-order valence-corrected chi connectivity index (χ2v) is 6.60. The van der Waals surface area contributed by atoms with Crippen molar-refractivity contribution in [1.29, 1.82) is 0 Å². The van der Waals surface area contributed by atoms with Gasteiger partial charge >= 0.3 is 0 Å². The Balaban J connectivity index is 1.68. The summed E-state index contributed by atoms with van der Waals surface area (Å²) in [6, 6.07) is 10.4. The average molecular weight is 382 g/mol. The first kappa shape index (κ1) is 18.7. The zero-order chi connectivity index (χ0) is 19.2. The summed E-state index contributed by atoms with van der Waals surface area (Å²) in [6.07, 6.45) is 3.30. The highest BCUT2D eigenvalue weighted by Crippen LogP contribution is 2.24. The Labute approximate surface area is 160 Å². The van der Waals surface area contributed by atoms with Crippen LogP contribution in [0.25, 0.3) is 11.6 Å². The number of hydrogen-bond donors (Lipinski definition) is 1. The van der Waals surface area contributed by atoms with Crippen LogP contribution in [0.5, 0.6) is 0 Å². The molecule has 1 amide bonds. The molecule has 0 saturated carbocycles. The molecule has 0 spiro atoms. The highest BCUT2D eigenvalue weighted by Gasteiger charge is 2.16. The SMILES string of the molecule is C=CCn1c(SCC(=O)Nc2cccc(C(C)=O)c2)nnc1-c1ccco1. The van der Waals surface area contributed by atoms with E-state index in [1.807, 2.05) is 4.57 Å². The minimum Gasteiger partial charge on any atom is -0.461 e. The van der Waals surface area contributed by atoms with Gasteiger partial charge < -0.3 is 9.73 Å². The minimum absolute atomic E-state index is 0.0524. The largest absolute Gasteiger partial charge is 0.461 e. The second kappa shape index (κ2) is 8.50. The van der Waals surface area contributed by atoms with Crippen LogP contribution in [0.1, 0.15) is 17.3 Å². The molecule has 1 aromatic carbocycles. The van der Waals surface area contributed by atoms with Gasteiger partial charge in [0.2, 0.25) is 11.7 Å². The summed E-state index contributed by atoms with van der Waals surface area (Å²) in [6.45, 7) is 5.73. The molecule has 3 rings (SSSR count). The van der Waals surface area contributed by atoms with E-state index in [1.54, 1.807) is 48.7 Å². The smallest absolute Gasteiger partial charge is 0.234 e. The van der Waals surface area contributed by atoms with Gasteiger partial charge in [-0.3, -0.25) is 14.2 Å². The number of allylic oxidation sites excluding steroid dienone is 1. The van der Waals surface area contributed by atoms with Crippen molar-refractivity contribution in [2.24, 2.45) is 0 Å². The first-order chi connectivity index (χ1) is 13.1.